The summed E-state index contributed by atoms with van der Waals surface area (Å²) in [6, 6.07) is 12.0. The summed E-state index contributed by atoms with van der Waals surface area (Å²) < 4.78 is 128. The number of nitrogens with zero attached hydrogens (tertiary/aromatic N) is 10. The van der Waals surface area contributed by atoms with Crippen LogP contribution in [0.25, 0.3) is 0 Å². The first kappa shape index (κ1) is 116. The van der Waals surface area contributed by atoms with Crippen molar-refractivity contribution in [2.45, 2.75) is 173 Å². The van der Waals surface area contributed by atoms with Crippen molar-refractivity contribution in [2.75, 3.05) is 60.6 Å². The number of methoxy groups -OCH3 is 3. The Balaban J connectivity index is 0.000000241. The summed E-state index contributed by atoms with van der Waals surface area (Å²) in [5.41, 5.74) is -5.34. The van der Waals surface area contributed by atoms with E-state index in [1.54, 1.807) is 14.4 Å². The molecule has 1 aliphatic carbocycles. The fraction of sp³-hybridized carbons (Fsp3) is 0.411. The number of aromatic hydroxyl groups is 2. The van der Waals surface area contributed by atoms with Gasteiger partial charge in [0.1, 0.15) is 87.3 Å². The van der Waals surface area contributed by atoms with E-state index in [1.807, 2.05) is 4.90 Å². The molecule has 7 amide bonds. The predicted octanol–water partition coefficient (Wildman–Crippen LogP) is -7.70. The molecular weight excluding hydrogens is 2040 g/mol. The number of benzene rings is 4. The maximum Gasteiger partial charge on any atom is 2.00 e. The van der Waals surface area contributed by atoms with Crippen molar-refractivity contribution in [1.29, 1.82) is 0 Å². The number of ether oxygens (including phenoxy) is 3. The molecule has 49 heteroatoms. The Bertz CT molecular complexity index is 6020. The van der Waals surface area contributed by atoms with E-state index >= 15 is 0 Å². The van der Waals surface area contributed by atoms with Gasteiger partial charge >= 0.3 is 132 Å². The number of rotatable bonds is 18. The minimum Gasteiger partial charge on any atom is -1.00 e. The molecule has 10 aliphatic rings. The van der Waals surface area contributed by atoms with Crippen LogP contribution in [-0.4, -0.2) is 248 Å². The molecule has 1 saturated carbocycles. The fourth-order valence-corrected chi connectivity index (χ4v) is 18.5. The molecule has 8 N–H and O–H groups in total. The van der Waals surface area contributed by atoms with E-state index in [0.29, 0.717) is 37.8 Å². The van der Waals surface area contributed by atoms with Gasteiger partial charge in [-0.3, -0.25) is 72.2 Å². The zero-order valence-corrected chi connectivity index (χ0v) is 87.0. The normalized spacial score (nSPS) is 19.8. The molecule has 9 aliphatic heterocycles. The van der Waals surface area contributed by atoms with Gasteiger partial charge in [-0.25, -0.2) is 39.9 Å². The average molecular weight is 2140 g/mol. The summed E-state index contributed by atoms with van der Waals surface area (Å²) in [6.07, 6.45) is 15.5. The maximum atomic E-state index is 13.9. The van der Waals surface area contributed by atoms with E-state index in [9.17, 15) is 113 Å². The molecule has 8 aromatic rings. The summed E-state index contributed by atoms with van der Waals surface area (Å²) in [7, 11) is 3.42. The van der Waals surface area contributed by atoms with Gasteiger partial charge in [-0.15, -0.1) is 0 Å². The summed E-state index contributed by atoms with van der Waals surface area (Å²) in [5, 5.41) is 57.5. The van der Waals surface area contributed by atoms with Gasteiger partial charge in [-0.05, 0) is 68.7 Å². The predicted molar refractivity (Wildman–Crippen MR) is 459 cm³/mol. The summed E-state index contributed by atoms with van der Waals surface area (Å²) >= 11 is 0. The first-order chi connectivity index (χ1) is 64.1. The van der Waals surface area contributed by atoms with Crippen molar-refractivity contribution in [3.63, 3.8) is 0 Å². The van der Waals surface area contributed by atoms with E-state index in [2.05, 4.69) is 52.5 Å². The zero-order valence-electron chi connectivity index (χ0n) is 77.2. The van der Waals surface area contributed by atoms with Gasteiger partial charge < -0.3 is 134 Å². The Morgan fingerprint density at radius 2 is 0.755 bits per heavy atom. The molecule has 4 aromatic carbocycles. The quantitative estimate of drug-likeness (QED) is 0.00752. The number of amides is 7. The summed E-state index contributed by atoms with van der Waals surface area (Å²) in [5.74, 6) is -12.9. The van der Waals surface area contributed by atoms with Crippen molar-refractivity contribution in [3.05, 3.63) is 252 Å². The monoisotopic (exact) mass is 2140 g/mol. The Kier molecular flexibility index (Phi) is 42.8. The molecular formula is C90H96Br2F8K2MgN14O22. The van der Waals surface area contributed by atoms with Gasteiger partial charge in [0.15, 0.2) is 52.1 Å². The van der Waals surface area contributed by atoms with Crippen molar-refractivity contribution < 1.29 is 261 Å². The number of hydrogen-bond donors (Lipinski definition) is 8. The van der Waals surface area contributed by atoms with Crippen molar-refractivity contribution in [3.8, 4) is 23.0 Å². The van der Waals surface area contributed by atoms with Gasteiger partial charge in [0.25, 0.3) is 47.8 Å². The van der Waals surface area contributed by atoms with E-state index in [0.717, 1.165) is 145 Å². The molecule has 0 spiro atoms. The van der Waals surface area contributed by atoms with Gasteiger partial charge in [-0.1, -0.05) is 63.3 Å². The standard InChI is InChI=1S/C22H22F2N4O4.2C21H20F2N4O4.C18H18F2N2O7.C7H14.CH2O3.2BrH.2K.Mg.H/c1-32-20-18-22(31)28-14-3-2-6-26(9-14)17(28)11-27(18)10-15(19(20)29)21(30)25-8-12-4-5-13(23)7-16(12)24;2*22-12-4-3-11(15(23)6-12)7-24-20(30)14-9-26-10-16-25-5-1-2-13(8-25)27(16)21(31)17(26)19(29)18(14)28;1-28-16-14(18(27)29-2)22(8-13(23)24)7-11(15(16)25)17(26)21-6-9-3-4-10(19)5-12(9)20;1-7-5-3-2-4-6-7;2-1-4-3;;;;;;/h4-5,7,10,14,17H,2-3,6,8-9,11H2,1H3,(H,25,30);2*3-4,6,9,13,16,29H,1-2,5,7-8,10H2,(H,24,30);3-5,7,13,23-24H,6,8H2,1-2H3,(H,21,26);7H,2-6H2,1H3;1,3H;2*1H;;;;/q;;;;;;;;2*+1;+2;-1/p-3/t14-,17?;2*13-,16?;;;;;;;;;/m000........./s1. The van der Waals surface area contributed by atoms with Gasteiger partial charge in [0, 0.05) is 155 Å². The number of esters is 1. The van der Waals surface area contributed by atoms with Gasteiger partial charge in [0.2, 0.25) is 21.7 Å². The summed E-state index contributed by atoms with van der Waals surface area (Å²) in [4.78, 5) is 176. The minimum atomic E-state index is -1.92. The number of fused-ring (bicyclic) bond motifs is 18. The maximum absolute atomic E-state index is 13.9. The number of aliphatic hydroxyl groups excluding tert-OH is 1. The second kappa shape index (κ2) is 51.5. The van der Waals surface area contributed by atoms with Crippen molar-refractivity contribution >= 4 is 76.8 Å². The summed E-state index contributed by atoms with van der Waals surface area (Å²) in [6.45, 7) is 6.51. The number of halogens is 10. The van der Waals surface area contributed by atoms with Gasteiger partial charge in [0.05, 0.1) is 47.5 Å². The molecule has 18 rings (SSSR count). The third-order valence-corrected chi connectivity index (χ3v) is 24.9. The number of aliphatic hydroxyl groups is 2. The van der Waals surface area contributed by atoms with Crippen molar-refractivity contribution in [1.82, 2.24) is 68.9 Å². The molecule has 6 bridgehead atoms. The molecule has 4 aromatic heterocycles. The van der Waals surface area contributed by atoms with E-state index in [4.69, 9.17) is 19.5 Å². The Labute approximate surface area is 911 Å². The smallest absolute Gasteiger partial charge is 1.00 e. The number of aromatic nitrogens is 4. The molecule has 6 unspecified atom stereocenters. The molecule has 9 atom stereocenters. The zero-order chi connectivity index (χ0) is 96.5. The average Bonchev–Trinajstić information content (AvgIpc) is 1.61. The number of piperidine rings is 3. The molecule has 36 nitrogen and oxygen atoms in total. The van der Waals surface area contributed by atoms with E-state index < -0.39 is 151 Å². The number of hydrogen-bond acceptors (Lipinski definition) is 25. The van der Waals surface area contributed by atoms with Crippen LogP contribution < -0.4 is 194 Å². The van der Waals surface area contributed by atoms with Crippen LogP contribution >= 0.6 is 0 Å². The SMILES string of the molecule is CC1CCCCC1.COC(=O)c1c(OC)c(=O)c(C(=O)NCc2ccc(F)cc2F)cn1CC(O)O.COc1c2n(cc(C(=O)NCc3ccc(F)cc3F)c1=O)CC1N3CCC[C@@H](C3)N1C2=O.O=C(NCc1ccc(F)cc1F)c1cn2c(c(O)c1=O)C(=O)N1C(C2)N2CCC[C@H]1C2.O=C(NCc1ccc(F)cc1F)c1cn2c(c(O)c1=O)C(=O)N1C(C2)N2CCC[C@H]1C2.O=CO[O-].[Br-].[Br-].[H-].[K+].[K+].[Mg+2]. The molecule has 139 heavy (non-hydrogen) atoms. The number of nitrogens with one attached hydrogen (secondary N) is 4. The Morgan fingerprint density at radius 1 is 0.453 bits per heavy atom. The second-order valence-corrected chi connectivity index (χ2v) is 33.3. The Hall–Kier alpha value is -8.69. The van der Waals surface area contributed by atoms with Crippen LogP contribution in [0.2, 0.25) is 0 Å². The van der Waals surface area contributed by atoms with Crippen molar-refractivity contribution in [2.24, 2.45) is 5.92 Å². The van der Waals surface area contributed by atoms with Crippen LogP contribution in [0.4, 0.5) is 35.1 Å². The first-order valence-electron chi connectivity index (χ1n) is 42.9. The van der Waals surface area contributed by atoms with Crippen LogP contribution in [-0.2, 0) is 66.8 Å². The largest absolute Gasteiger partial charge is 2.00 e. The molecule has 13 heterocycles. The van der Waals surface area contributed by atoms with Crippen LogP contribution in [0.3, 0.4) is 0 Å². The third kappa shape index (κ3) is 25.9. The van der Waals surface area contributed by atoms with E-state index in [-0.39, 0.29) is 298 Å². The molecule has 732 valence electrons. The van der Waals surface area contributed by atoms with Crippen LogP contribution in [0.5, 0.6) is 23.0 Å². The molecule has 7 fully saturated rings. The second-order valence-electron chi connectivity index (χ2n) is 33.3. The van der Waals surface area contributed by atoms with Gasteiger partial charge in [-0.2, -0.15) is 0 Å². The van der Waals surface area contributed by atoms with Crippen LogP contribution in [0.15, 0.2) is 117 Å². The van der Waals surface area contributed by atoms with Crippen LogP contribution in [0.1, 0.15) is 185 Å². The first-order valence-corrected chi connectivity index (χ1v) is 42.9. The van der Waals surface area contributed by atoms with E-state index in [1.165, 1.54) is 85.1 Å². The molecule has 0 radical (unpaired) electrons. The minimum absolute atomic E-state index is 0. The Morgan fingerprint density at radius 3 is 1.04 bits per heavy atom. The van der Waals surface area contributed by atoms with Crippen LogP contribution in [0, 0.1) is 52.5 Å². The number of carbonyl (C=O) groups is 9. The third-order valence-electron chi connectivity index (χ3n) is 24.9. The number of pyridine rings is 4. The number of carbonyl (C=O) groups excluding carboxylic acids is 9. The molecule has 6 saturated heterocycles. The fourth-order valence-electron chi connectivity index (χ4n) is 18.5. The topological polar surface area (TPSA) is 450 Å².